The fourth-order valence-corrected chi connectivity index (χ4v) is 4.44. The number of hydrogen-bond acceptors (Lipinski definition) is 4. The topological polar surface area (TPSA) is 58.4 Å². The zero-order valence-electron chi connectivity index (χ0n) is 22.5. The van der Waals surface area contributed by atoms with Gasteiger partial charge in [-0.2, -0.15) is 8.78 Å². The predicted octanol–water partition coefficient (Wildman–Crippen LogP) is 6.25. The molecule has 198 valence electrons. The lowest BCUT2D eigenvalue weighted by Crippen LogP contribution is -2.32. The number of carbonyl (C=O) groups excluding carboxylic acids is 1. The van der Waals surface area contributed by atoms with Gasteiger partial charge < -0.3 is 9.80 Å². The van der Waals surface area contributed by atoms with Crippen molar-refractivity contribution in [2.45, 2.75) is 59.9 Å². The first-order valence-corrected chi connectivity index (χ1v) is 12.7. The van der Waals surface area contributed by atoms with Gasteiger partial charge in [0.15, 0.2) is 0 Å². The second-order valence-electron chi connectivity index (χ2n) is 9.35. The second-order valence-corrected chi connectivity index (χ2v) is 9.35. The molecule has 0 fully saturated rings. The Bertz CT molecular complexity index is 1310. The van der Waals surface area contributed by atoms with Crippen LogP contribution in [0, 0.1) is 6.92 Å². The smallest absolute Gasteiger partial charge is 0.286 e. The van der Waals surface area contributed by atoms with E-state index in [0.29, 0.717) is 12.2 Å². The fourth-order valence-electron chi connectivity index (χ4n) is 4.44. The third kappa shape index (κ3) is 6.24. The Labute approximate surface area is 217 Å². The van der Waals surface area contributed by atoms with Gasteiger partial charge in [-0.25, -0.2) is 0 Å². The summed E-state index contributed by atoms with van der Waals surface area (Å²) < 4.78 is 29.3. The number of pyridine rings is 2. The monoisotopic (exact) mass is 510 g/mol. The summed E-state index contributed by atoms with van der Waals surface area (Å²) in [5.41, 5.74) is 2.75. The number of aromatic nitrogens is 2. The average molecular weight is 511 g/mol. The summed E-state index contributed by atoms with van der Waals surface area (Å²) in [7, 11) is 1.60. The molecule has 0 radical (unpaired) electrons. The standard InChI is InChI=1S/C29H36F2N4O2/c1-7-14-34(15-8-2)26-17-22(18-27(36)35(26)9-3)24-19-23(11-10-20(24)4)33(6)28(37)21-12-13-32-25(16-21)29(5,30)31/h10-13,16-19H,7-9,14-15H2,1-6H3. The number of anilines is 2. The first-order valence-electron chi connectivity index (χ1n) is 12.7. The summed E-state index contributed by atoms with van der Waals surface area (Å²) in [4.78, 5) is 33.7. The van der Waals surface area contributed by atoms with Crippen LogP contribution in [-0.2, 0) is 12.5 Å². The predicted molar refractivity (Wildman–Crippen MR) is 146 cm³/mol. The molecule has 6 nitrogen and oxygen atoms in total. The van der Waals surface area contributed by atoms with Crippen LogP contribution < -0.4 is 15.4 Å². The zero-order valence-corrected chi connectivity index (χ0v) is 22.5. The van der Waals surface area contributed by atoms with Crippen LogP contribution in [0.2, 0.25) is 0 Å². The molecule has 0 unspecified atom stereocenters. The van der Waals surface area contributed by atoms with Crippen molar-refractivity contribution in [2.24, 2.45) is 0 Å². The second kappa shape index (κ2) is 11.7. The molecule has 0 saturated carbocycles. The van der Waals surface area contributed by atoms with Crippen molar-refractivity contribution in [3.63, 3.8) is 0 Å². The van der Waals surface area contributed by atoms with E-state index in [-0.39, 0.29) is 11.1 Å². The molecule has 1 amide bonds. The number of rotatable bonds is 10. The highest BCUT2D eigenvalue weighted by atomic mass is 19.3. The summed E-state index contributed by atoms with van der Waals surface area (Å²) in [6.45, 7) is 11.2. The lowest BCUT2D eigenvalue weighted by atomic mass is 9.99. The number of benzene rings is 1. The Balaban J connectivity index is 2.05. The SMILES string of the molecule is CCCN(CCC)c1cc(-c2cc(N(C)C(=O)c3ccnc(C(C)(F)F)c3)ccc2C)cc(=O)n1CC. The molecule has 2 aromatic heterocycles. The van der Waals surface area contributed by atoms with Gasteiger partial charge in [-0.15, -0.1) is 0 Å². The van der Waals surface area contributed by atoms with E-state index in [1.807, 2.05) is 38.1 Å². The van der Waals surface area contributed by atoms with Gasteiger partial charge >= 0.3 is 0 Å². The lowest BCUT2D eigenvalue weighted by Gasteiger charge is -2.27. The minimum absolute atomic E-state index is 0.0775. The van der Waals surface area contributed by atoms with Crippen LogP contribution in [0.4, 0.5) is 20.3 Å². The van der Waals surface area contributed by atoms with Crippen LogP contribution in [0.15, 0.2) is 53.5 Å². The molecule has 0 aliphatic carbocycles. The fraction of sp³-hybridized carbons (Fsp3) is 0.414. The quantitative estimate of drug-likeness (QED) is 0.323. The minimum atomic E-state index is -3.15. The van der Waals surface area contributed by atoms with E-state index in [4.69, 9.17) is 0 Å². The highest BCUT2D eigenvalue weighted by molar-refractivity contribution is 6.06. The number of alkyl halides is 2. The molecule has 0 N–H and O–H groups in total. The maximum Gasteiger partial charge on any atom is 0.286 e. The van der Waals surface area contributed by atoms with Crippen LogP contribution in [0.1, 0.15) is 62.2 Å². The van der Waals surface area contributed by atoms with E-state index in [2.05, 4.69) is 23.7 Å². The van der Waals surface area contributed by atoms with Gasteiger partial charge in [-0.1, -0.05) is 19.9 Å². The number of aryl methyl sites for hydroxylation is 1. The van der Waals surface area contributed by atoms with Gasteiger partial charge in [0.2, 0.25) is 0 Å². The van der Waals surface area contributed by atoms with Gasteiger partial charge in [0.1, 0.15) is 11.5 Å². The first-order chi connectivity index (χ1) is 17.5. The molecule has 37 heavy (non-hydrogen) atoms. The van der Waals surface area contributed by atoms with E-state index in [0.717, 1.165) is 61.4 Å². The summed E-state index contributed by atoms with van der Waals surface area (Å²) in [6, 6.07) is 11.8. The molecule has 2 heterocycles. The zero-order chi connectivity index (χ0) is 27.3. The van der Waals surface area contributed by atoms with Crippen molar-refractivity contribution in [3.05, 3.63) is 75.8 Å². The average Bonchev–Trinajstić information content (AvgIpc) is 2.87. The molecule has 0 aliphatic heterocycles. The molecule has 1 aromatic carbocycles. The maximum absolute atomic E-state index is 13.8. The van der Waals surface area contributed by atoms with Crippen molar-refractivity contribution < 1.29 is 13.6 Å². The van der Waals surface area contributed by atoms with Crippen molar-refractivity contribution >= 4 is 17.4 Å². The molecule has 3 aromatic rings. The Morgan fingerprint density at radius 3 is 2.30 bits per heavy atom. The number of halogens is 2. The lowest BCUT2D eigenvalue weighted by molar-refractivity contribution is 0.0127. The van der Waals surface area contributed by atoms with Crippen LogP contribution >= 0.6 is 0 Å². The van der Waals surface area contributed by atoms with Crippen LogP contribution in [0.25, 0.3) is 11.1 Å². The molecule has 8 heteroatoms. The summed E-state index contributed by atoms with van der Waals surface area (Å²) in [6.07, 6.45) is 3.14. The molecular weight excluding hydrogens is 474 g/mol. The highest BCUT2D eigenvalue weighted by Gasteiger charge is 2.27. The van der Waals surface area contributed by atoms with E-state index >= 15 is 0 Å². The van der Waals surface area contributed by atoms with Gasteiger partial charge in [0.25, 0.3) is 17.4 Å². The molecule has 0 aliphatic rings. The highest BCUT2D eigenvalue weighted by Crippen LogP contribution is 2.31. The maximum atomic E-state index is 13.8. The van der Waals surface area contributed by atoms with Crippen molar-refractivity contribution in [2.75, 3.05) is 29.9 Å². The number of hydrogen-bond donors (Lipinski definition) is 0. The normalized spacial score (nSPS) is 11.5. The van der Waals surface area contributed by atoms with E-state index in [1.54, 1.807) is 17.7 Å². The van der Waals surface area contributed by atoms with Crippen molar-refractivity contribution in [1.29, 1.82) is 0 Å². The molecule has 3 rings (SSSR count). The Kier molecular flexibility index (Phi) is 8.84. The number of amides is 1. The van der Waals surface area contributed by atoms with Crippen LogP contribution in [0.5, 0.6) is 0 Å². The summed E-state index contributed by atoms with van der Waals surface area (Å²) in [5, 5.41) is 0. The summed E-state index contributed by atoms with van der Waals surface area (Å²) in [5.74, 6) is -2.69. The number of carbonyl (C=O) groups is 1. The van der Waals surface area contributed by atoms with Gasteiger partial charge in [-0.05, 0) is 73.7 Å². The van der Waals surface area contributed by atoms with Gasteiger partial charge in [-0.3, -0.25) is 19.1 Å². The van der Waals surface area contributed by atoms with E-state index in [9.17, 15) is 18.4 Å². The van der Waals surface area contributed by atoms with Crippen molar-refractivity contribution in [1.82, 2.24) is 9.55 Å². The Hall–Kier alpha value is -3.55. The molecule has 0 spiro atoms. The molecule has 0 saturated heterocycles. The van der Waals surface area contributed by atoms with Crippen LogP contribution in [0.3, 0.4) is 0 Å². The minimum Gasteiger partial charge on any atom is -0.358 e. The Morgan fingerprint density at radius 1 is 1.03 bits per heavy atom. The summed E-state index contributed by atoms with van der Waals surface area (Å²) >= 11 is 0. The van der Waals surface area contributed by atoms with Gasteiger partial charge in [0.05, 0.1) is 0 Å². The van der Waals surface area contributed by atoms with Crippen LogP contribution in [-0.4, -0.2) is 35.6 Å². The van der Waals surface area contributed by atoms with Gasteiger partial charge in [0, 0.05) is 57.1 Å². The molecule has 0 atom stereocenters. The number of nitrogens with zero attached hydrogens (tertiary/aromatic N) is 4. The molecule has 0 bridgehead atoms. The third-order valence-electron chi connectivity index (χ3n) is 6.41. The Morgan fingerprint density at radius 2 is 1.70 bits per heavy atom. The van der Waals surface area contributed by atoms with E-state index in [1.165, 1.54) is 17.2 Å². The third-order valence-corrected chi connectivity index (χ3v) is 6.41. The van der Waals surface area contributed by atoms with E-state index < -0.39 is 17.5 Å². The van der Waals surface area contributed by atoms with Crippen molar-refractivity contribution in [3.8, 4) is 11.1 Å². The largest absolute Gasteiger partial charge is 0.358 e. The molecular formula is C29H36F2N4O2. The first kappa shape index (κ1) is 28.0.